The number of piperidine rings is 1. The summed E-state index contributed by atoms with van der Waals surface area (Å²) in [5.74, 6) is 1.61. The number of H-pyrrole nitrogens is 1. The zero-order valence-corrected chi connectivity index (χ0v) is 17.7. The fourth-order valence-corrected chi connectivity index (χ4v) is 4.08. The highest BCUT2D eigenvalue weighted by Crippen LogP contribution is 2.28. The maximum Gasteiger partial charge on any atom is 0.229 e. The van der Waals surface area contributed by atoms with Gasteiger partial charge in [0.15, 0.2) is 0 Å². The van der Waals surface area contributed by atoms with E-state index in [1.807, 2.05) is 6.20 Å². The average molecular weight is 416 g/mol. The Bertz CT molecular complexity index is 926. The Hall–Kier alpha value is -2.31. The van der Waals surface area contributed by atoms with E-state index < -0.39 is 0 Å². The minimum atomic E-state index is 0. The maximum atomic E-state index is 9.47. The molecular weight excluding hydrogens is 386 g/mol. The number of anilines is 3. The van der Waals surface area contributed by atoms with Crippen LogP contribution in [0, 0.1) is 0 Å². The summed E-state index contributed by atoms with van der Waals surface area (Å²) in [5.41, 5.74) is 3.12. The highest BCUT2D eigenvalue weighted by molar-refractivity contribution is 5.85. The van der Waals surface area contributed by atoms with Crippen LogP contribution in [0.3, 0.4) is 0 Å². The van der Waals surface area contributed by atoms with Crippen LogP contribution >= 0.6 is 12.4 Å². The molecule has 0 amide bonds. The van der Waals surface area contributed by atoms with Gasteiger partial charge in [-0.25, -0.2) is 4.98 Å². The summed E-state index contributed by atoms with van der Waals surface area (Å²) in [6.07, 6.45) is 8.21. The molecule has 6 nitrogen and oxygen atoms in total. The number of aliphatic hydroxyl groups excluding tert-OH is 1. The van der Waals surface area contributed by atoms with Gasteiger partial charge >= 0.3 is 0 Å². The van der Waals surface area contributed by atoms with Gasteiger partial charge in [-0.15, -0.1) is 12.4 Å². The van der Waals surface area contributed by atoms with E-state index in [0.29, 0.717) is 12.0 Å². The van der Waals surface area contributed by atoms with E-state index in [4.69, 9.17) is 9.97 Å². The first-order chi connectivity index (χ1) is 13.8. The van der Waals surface area contributed by atoms with E-state index in [1.54, 1.807) is 0 Å². The molecule has 156 valence electrons. The smallest absolute Gasteiger partial charge is 0.229 e. The van der Waals surface area contributed by atoms with Crippen molar-refractivity contribution in [2.75, 3.05) is 23.4 Å². The van der Waals surface area contributed by atoms with Crippen molar-refractivity contribution in [3.63, 3.8) is 0 Å². The highest BCUT2D eigenvalue weighted by Gasteiger charge is 2.24. The third-order valence-electron chi connectivity index (χ3n) is 5.47. The van der Waals surface area contributed by atoms with Gasteiger partial charge in [-0.05, 0) is 55.7 Å². The second kappa shape index (κ2) is 9.94. The second-order valence-corrected chi connectivity index (χ2v) is 7.55. The number of nitrogens with one attached hydrogen (secondary N) is 2. The first-order valence-corrected chi connectivity index (χ1v) is 10.4. The van der Waals surface area contributed by atoms with Crippen molar-refractivity contribution in [2.24, 2.45) is 0 Å². The van der Waals surface area contributed by atoms with Gasteiger partial charge < -0.3 is 20.3 Å². The number of aromatic amines is 1. The lowest BCUT2D eigenvalue weighted by Gasteiger charge is -2.36. The van der Waals surface area contributed by atoms with Gasteiger partial charge in [0.1, 0.15) is 5.82 Å². The van der Waals surface area contributed by atoms with Crippen molar-refractivity contribution in [1.82, 2.24) is 15.0 Å². The molecule has 0 saturated carbocycles. The zero-order chi connectivity index (χ0) is 19.3. The Morgan fingerprint density at radius 2 is 2.10 bits per heavy atom. The Labute approximate surface area is 178 Å². The standard InChI is InChI=1S/C22H29N5O.ClH/c1-2-5-17-15-21(27-12-4-3-6-19(27)10-13-28)26-22(24-17)25-18-8-7-16-9-11-23-20(16)14-18;/h7-9,11,14-15,19,23,28H,2-6,10,12-13H2,1H3,(H,24,25,26);1H. The van der Waals surface area contributed by atoms with E-state index in [-0.39, 0.29) is 19.0 Å². The summed E-state index contributed by atoms with van der Waals surface area (Å²) in [6, 6.07) is 10.8. The maximum absolute atomic E-state index is 9.47. The first-order valence-electron chi connectivity index (χ1n) is 10.4. The van der Waals surface area contributed by atoms with E-state index in [9.17, 15) is 5.11 Å². The monoisotopic (exact) mass is 415 g/mol. The topological polar surface area (TPSA) is 77.1 Å². The van der Waals surface area contributed by atoms with Crippen molar-refractivity contribution in [3.8, 4) is 0 Å². The third kappa shape index (κ3) is 5.00. The molecule has 0 aliphatic carbocycles. The number of aryl methyl sites for hydroxylation is 1. The van der Waals surface area contributed by atoms with E-state index in [0.717, 1.165) is 54.9 Å². The predicted molar refractivity (Wildman–Crippen MR) is 122 cm³/mol. The first kappa shape index (κ1) is 21.4. The van der Waals surface area contributed by atoms with E-state index >= 15 is 0 Å². The van der Waals surface area contributed by atoms with Gasteiger partial charge in [0, 0.05) is 48.4 Å². The number of fused-ring (bicyclic) bond motifs is 1. The lowest BCUT2D eigenvalue weighted by Crippen LogP contribution is -2.40. The van der Waals surface area contributed by atoms with Crippen molar-refractivity contribution in [2.45, 2.75) is 51.5 Å². The molecule has 1 unspecified atom stereocenters. The number of aliphatic hydroxyl groups is 1. The molecule has 0 spiro atoms. The summed E-state index contributed by atoms with van der Waals surface area (Å²) < 4.78 is 0. The summed E-state index contributed by atoms with van der Waals surface area (Å²) in [7, 11) is 0. The lowest BCUT2D eigenvalue weighted by molar-refractivity contribution is 0.262. The number of aromatic nitrogens is 3. The molecule has 29 heavy (non-hydrogen) atoms. The highest BCUT2D eigenvalue weighted by atomic mass is 35.5. The number of benzene rings is 1. The molecule has 1 aliphatic heterocycles. The van der Waals surface area contributed by atoms with Crippen LogP contribution in [-0.4, -0.2) is 39.3 Å². The molecule has 4 rings (SSSR count). The summed E-state index contributed by atoms with van der Waals surface area (Å²) in [5, 5.41) is 14.0. The SMILES string of the molecule is CCCc1cc(N2CCCCC2CCO)nc(Nc2ccc3cc[nH]c3c2)n1.Cl. The van der Waals surface area contributed by atoms with Crippen molar-refractivity contribution >= 4 is 40.8 Å². The molecule has 1 saturated heterocycles. The fraction of sp³-hybridized carbons (Fsp3) is 0.455. The van der Waals surface area contributed by atoms with Gasteiger partial charge in [-0.3, -0.25) is 0 Å². The Morgan fingerprint density at radius 3 is 2.93 bits per heavy atom. The predicted octanol–water partition coefficient (Wildman–Crippen LogP) is 4.82. The number of halogens is 1. The largest absolute Gasteiger partial charge is 0.396 e. The van der Waals surface area contributed by atoms with Gasteiger partial charge in [0.2, 0.25) is 5.95 Å². The van der Waals surface area contributed by atoms with E-state index in [1.165, 1.54) is 18.2 Å². The second-order valence-electron chi connectivity index (χ2n) is 7.55. The normalized spacial score (nSPS) is 16.6. The zero-order valence-electron chi connectivity index (χ0n) is 16.9. The molecule has 1 aliphatic rings. The van der Waals surface area contributed by atoms with Crippen LogP contribution in [0.25, 0.3) is 10.9 Å². The van der Waals surface area contributed by atoms with Crippen molar-refractivity contribution in [3.05, 3.63) is 42.2 Å². The quantitative estimate of drug-likeness (QED) is 0.515. The van der Waals surface area contributed by atoms with Crippen LogP contribution in [0.1, 0.15) is 44.7 Å². The lowest BCUT2D eigenvalue weighted by atomic mass is 9.99. The molecule has 1 atom stereocenters. The molecule has 1 fully saturated rings. The van der Waals surface area contributed by atoms with Crippen LogP contribution < -0.4 is 10.2 Å². The van der Waals surface area contributed by atoms with Crippen molar-refractivity contribution < 1.29 is 5.11 Å². The number of hydrogen-bond acceptors (Lipinski definition) is 5. The molecular formula is C22H30ClN5O. The summed E-state index contributed by atoms with van der Waals surface area (Å²) >= 11 is 0. The van der Waals surface area contributed by atoms with E-state index in [2.05, 4.69) is 52.5 Å². The van der Waals surface area contributed by atoms with Crippen LogP contribution in [0.5, 0.6) is 0 Å². The number of nitrogens with zero attached hydrogens (tertiary/aromatic N) is 3. The minimum absolute atomic E-state index is 0. The summed E-state index contributed by atoms with van der Waals surface area (Å²) in [6.45, 7) is 3.37. The Morgan fingerprint density at radius 1 is 1.21 bits per heavy atom. The Balaban J connectivity index is 0.00000240. The van der Waals surface area contributed by atoms with Gasteiger partial charge in [0.05, 0.1) is 0 Å². The summed E-state index contributed by atoms with van der Waals surface area (Å²) in [4.78, 5) is 15.2. The number of hydrogen-bond donors (Lipinski definition) is 3. The van der Waals surface area contributed by atoms with Crippen LogP contribution in [0.15, 0.2) is 36.5 Å². The molecule has 0 bridgehead atoms. The third-order valence-corrected chi connectivity index (χ3v) is 5.47. The van der Waals surface area contributed by atoms with Gasteiger partial charge in [0.25, 0.3) is 0 Å². The van der Waals surface area contributed by atoms with Crippen molar-refractivity contribution in [1.29, 1.82) is 0 Å². The molecule has 3 heterocycles. The minimum Gasteiger partial charge on any atom is -0.396 e. The Kier molecular flexibility index (Phi) is 7.34. The molecule has 3 N–H and O–H groups in total. The average Bonchev–Trinajstić information content (AvgIpc) is 3.17. The van der Waals surface area contributed by atoms with Gasteiger partial charge in [-0.1, -0.05) is 19.4 Å². The van der Waals surface area contributed by atoms with Crippen LogP contribution in [0.4, 0.5) is 17.5 Å². The molecule has 7 heteroatoms. The van der Waals surface area contributed by atoms with Crippen LogP contribution in [0.2, 0.25) is 0 Å². The van der Waals surface area contributed by atoms with Crippen LogP contribution in [-0.2, 0) is 6.42 Å². The molecule has 3 aromatic rings. The molecule has 2 aromatic heterocycles. The molecule has 1 aromatic carbocycles. The fourth-order valence-electron chi connectivity index (χ4n) is 4.08. The molecule has 0 radical (unpaired) electrons. The number of rotatable bonds is 7. The van der Waals surface area contributed by atoms with Gasteiger partial charge in [-0.2, -0.15) is 4.98 Å².